The Hall–Kier alpha value is -4.99. The second kappa shape index (κ2) is 11.4. The number of fused-ring (bicyclic) bond motifs is 4. The molecule has 0 bridgehead atoms. The van der Waals surface area contributed by atoms with Crippen molar-refractivity contribution in [3.8, 4) is 11.1 Å². The van der Waals surface area contributed by atoms with Crippen LogP contribution in [0.5, 0.6) is 0 Å². The van der Waals surface area contributed by atoms with Crippen LogP contribution in [0.1, 0.15) is 33.6 Å². The molecule has 2 heterocycles. The molecule has 2 atom stereocenters. The second-order valence-electron chi connectivity index (χ2n) is 10.7. The van der Waals surface area contributed by atoms with Gasteiger partial charge in [-0.1, -0.05) is 72.8 Å². The molecular weight excluding hydrogens is 544 g/mol. The number of nitrogens with one attached hydrogen (secondary N) is 1. The van der Waals surface area contributed by atoms with E-state index in [2.05, 4.69) is 34.6 Å². The molecular formula is C34H30N4O5. The summed E-state index contributed by atoms with van der Waals surface area (Å²) >= 11 is 0. The van der Waals surface area contributed by atoms with Gasteiger partial charge in [0.15, 0.2) is 6.23 Å². The number of anilines is 1. The third-order valence-corrected chi connectivity index (χ3v) is 8.15. The number of hydrogen-bond donors (Lipinski definition) is 2. The molecule has 0 saturated carbocycles. The lowest BCUT2D eigenvalue weighted by Crippen LogP contribution is -2.49. The minimum atomic E-state index is -0.614. The van der Waals surface area contributed by atoms with Crippen LogP contribution in [-0.4, -0.2) is 64.0 Å². The highest BCUT2D eigenvalue weighted by Gasteiger charge is 2.35. The van der Waals surface area contributed by atoms with Crippen molar-refractivity contribution < 1.29 is 24.2 Å². The van der Waals surface area contributed by atoms with E-state index in [9.17, 15) is 14.7 Å². The first kappa shape index (κ1) is 26.9. The SMILES string of the molecule is O=C(Nc1cccc2c1ncn2[C@H]1CN(C(=O)OCC2c3ccccc3-c3ccccc32)C[C@@H](CO)O1)c1ccccc1. The molecule has 2 aliphatic rings. The average molecular weight is 575 g/mol. The third kappa shape index (κ3) is 5.03. The van der Waals surface area contributed by atoms with Crippen LogP contribution >= 0.6 is 0 Å². The van der Waals surface area contributed by atoms with E-state index in [1.807, 2.05) is 59.2 Å². The Bertz CT molecular complexity index is 1760. The summed E-state index contributed by atoms with van der Waals surface area (Å²) in [4.78, 5) is 32.4. The lowest BCUT2D eigenvalue weighted by atomic mass is 9.98. The predicted octanol–water partition coefficient (Wildman–Crippen LogP) is 5.43. The van der Waals surface area contributed by atoms with E-state index in [1.54, 1.807) is 29.4 Å². The van der Waals surface area contributed by atoms with Gasteiger partial charge >= 0.3 is 6.09 Å². The molecule has 1 fully saturated rings. The van der Waals surface area contributed by atoms with Crippen LogP contribution in [0.4, 0.5) is 10.5 Å². The molecule has 7 rings (SSSR count). The maximum Gasteiger partial charge on any atom is 0.410 e. The molecule has 216 valence electrons. The molecule has 9 nitrogen and oxygen atoms in total. The summed E-state index contributed by atoms with van der Waals surface area (Å²) in [6, 6.07) is 30.9. The van der Waals surface area contributed by atoms with Crippen molar-refractivity contribution >= 4 is 28.7 Å². The fourth-order valence-electron chi connectivity index (χ4n) is 6.08. The van der Waals surface area contributed by atoms with E-state index >= 15 is 0 Å². The Kier molecular flexibility index (Phi) is 7.10. The van der Waals surface area contributed by atoms with E-state index in [1.165, 1.54) is 0 Å². The summed E-state index contributed by atoms with van der Waals surface area (Å²) in [5.41, 5.74) is 7.03. The van der Waals surface area contributed by atoms with Crippen molar-refractivity contribution in [3.63, 3.8) is 0 Å². The third-order valence-electron chi connectivity index (χ3n) is 8.15. The normalized spacial score (nSPS) is 17.8. The summed E-state index contributed by atoms with van der Waals surface area (Å²) < 4.78 is 13.9. The highest BCUT2D eigenvalue weighted by molar-refractivity contribution is 6.08. The van der Waals surface area contributed by atoms with Crippen LogP contribution in [0.25, 0.3) is 22.2 Å². The number of carbonyl (C=O) groups excluding carboxylic acids is 2. The Morgan fingerprint density at radius 1 is 0.884 bits per heavy atom. The molecule has 0 radical (unpaired) electrons. The van der Waals surface area contributed by atoms with Crippen molar-refractivity contribution in [2.45, 2.75) is 18.2 Å². The predicted molar refractivity (Wildman–Crippen MR) is 162 cm³/mol. The number of ether oxygens (including phenoxy) is 2. The number of aromatic nitrogens is 2. The second-order valence-corrected chi connectivity index (χ2v) is 10.7. The summed E-state index contributed by atoms with van der Waals surface area (Å²) in [7, 11) is 0. The maximum atomic E-state index is 13.4. The van der Waals surface area contributed by atoms with Gasteiger partial charge in [-0.3, -0.25) is 4.79 Å². The molecule has 1 aliphatic heterocycles. The molecule has 1 aromatic heterocycles. The number of amides is 2. The van der Waals surface area contributed by atoms with Crippen LogP contribution in [0.3, 0.4) is 0 Å². The first-order valence-corrected chi connectivity index (χ1v) is 14.3. The number of carbonyl (C=O) groups is 2. The molecule has 43 heavy (non-hydrogen) atoms. The first-order valence-electron chi connectivity index (χ1n) is 14.3. The number of aliphatic hydroxyl groups is 1. The van der Waals surface area contributed by atoms with Gasteiger partial charge in [-0.2, -0.15) is 0 Å². The number of morpholine rings is 1. The molecule has 1 aliphatic carbocycles. The van der Waals surface area contributed by atoms with Gasteiger partial charge in [-0.25, -0.2) is 9.78 Å². The van der Waals surface area contributed by atoms with Crippen molar-refractivity contribution in [2.24, 2.45) is 0 Å². The largest absolute Gasteiger partial charge is 0.448 e. The fourth-order valence-corrected chi connectivity index (χ4v) is 6.08. The molecule has 4 aromatic carbocycles. The lowest BCUT2D eigenvalue weighted by Gasteiger charge is -2.37. The van der Waals surface area contributed by atoms with Crippen LogP contribution in [-0.2, 0) is 9.47 Å². The number of para-hydroxylation sites is 1. The van der Waals surface area contributed by atoms with Crippen LogP contribution in [0, 0.1) is 0 Å². The summed E-state index contributed by atoms with van der Waals surface area (Å²) in [6.07, 6.45) is -0.0497. The molecule has 1 saturated heterocycles. The fraction of sp³-hybridized carbons (Fsp3) is 0.206. The van der Waals surface area contributed by atoms with E-state index < -0.39 is 18.4 Å². The van der Waals surface area contributed by atoms with Crippen molar-refractivity contribution in [2.75, 3.05) is 31.6 Å². The molecule has 9 heteroatoms. The Morgan fingerprint density at radius 3 is 2.30 bits per heavy atom. The van der Waals surface area contributed by atoms with Gasteiger partial charge in [0.2, 0.25) is 0 Å². The van der Waals surface area contributed by atoms with Gasteiger partial charge in [0.05, 0.1) is 37.2 Å². The zero-order valence-corrected chi connectivity index (χ0v) is 23.3. The molecule has 2 N–H and O–H groups in total. The Morgan fingerprint density at radius 2 is 1.58 bits per heavy atom. The van der Waals surface area contributed by atoms with Crippen molar-refractivity contribution in [1.29, 1.82) is 0 Å². The topological polar surface area (TPSA) is 106 Å². The number of aliphatic hydroxyl groups excluding tert-OH is 1. The highest BCUT2D eigenvalue weighted by Crippen LogP contribution is 2.44. The monoisotopic (exact) mass is 574 g/mol. The van der Waals surface area contributed by atoms with E-state index in [4.69, 9.17) is 9.47 Å². The van der Waals surface area contributed by atoms with Gasteiger partial charge in [0.1, 0.15) is 18.2 Å². The van der Waals surface area contributed by atoms with Gasteiger partial charge in [0, 0.05) is 11.5 Å². The number of hydrogen-bond acceptors (Lipinski definition) is 6. The Labute approximate surface area is 248 Å². The molecule has 2 amide bonds. The smallest absolute Gasteiger partial charge is 0.410 e. The maximum absolute atomic E-state index is 13.4. The van der Waals surface area contributed by atoms with Gasteiger partial charge in [0.25, 0.3) is 5.91 Å². The van der Waals surface area contributed by atoms with Crippen LogP contribution in [0.2, 0.25) is 0 Å². The zero-order valence-electron chi connectivity index (χ0n) is 23.3. The Balaban J connectivity index is 1.09. The summed E-state index contributed by atoms with van der Waals surface area (Å²) in [5, 5.41) is 13.0. The van der Waals surface area contributed by atoms with E-state index in [-0.39, 0.29) is 38.1 Å². The van der Waals surface area contributed by atoms with Gasteiger partial charge < -0.3 is 29.4 Å². The van der Waals surface area contributed by atoms with Crippen LogP contribution < -0.4 is 5.32 Å². The van der Waals surface area contributed by atoms with Crippen LogP contribution in [0.15, 0.2) is 103 Å². The quantitative estimate of drug-likeness (QED) is 0.280. The van der Waals surface area contributed by atoms with Gasteiger partial charge in [-0.15, -0.1) is 0 Å². The minimum absolute atomic E-state index is 0.0519. The van der Waals surface area contributed by atoms with Gasteiger partial charge in [-0.05, 0) is 46.5 Å². The molecule has 0 spiro atoms. The van der Waals surface area contributed by atoms with Crippen molar-refractivity contribution in [3.05, 3.63) is 120 Å². The molecule has 5 aromatic rings. The first-order chi connectivity index (χ1) is 21.1. The highest BCUT2D eigenvalue weighted by atomic mass is 16.6. The summed E-state index contributed by atoms with van der Waals surface area (Å²) in [6.45, 7) is 0.361. The standard InChI is InChI=1S/C34H30N4O5/c39-19-23-17-37(34(41)42-20-28-26-13-6-4-11-24(26)25-12-5-7-14-27(25)28)18-31(43-23)38-21-35-32-29(15-8-16-30(32)38)36-33(40)22-9-2-1-3-10-22/h1-16,21,23,28,31,39H,17-20H2,(H,36,40)/t23-,31+/m0/s1. The number of nitrogens with zero attached hydrogens (tertiary/aromatic N) is 3. The zero-order chi connectivity index (χ0) is 29.3. The summed E-state index contributed by atoms with van der Waals surface area (Å²) in [5.74, 6) is -0.290. The van der Waals surface area contributed by atoms with Crippen molar-refractivity contribution in [1.82, 2.24) is 14.5 Å². The number of rotatable bonds is 6. The van der Waals surface area contributed by atoms with E-state index in [0.29, 0.717) is 16.8 Å². The van der Waals surface area contributed by atoms with E-state index in [0.717, 1.165) is 27.8 Å². The average Bonchev–Trinajstić information content (AvgIpc) is 3.64. The number of benzene rings is 4. The number of imidazole rings is 1. The minimum Gasteiger partial charge on any atom is -0.448 e. The molecule has 0 unspecified atom stereocenters. The lowest BCUT2D eigenvalue weighted by molar-refractivity contribution is -0.127.